The molecule has 0 aromatic heterocycles. The Bertz CT molecular complexity index is 459. The Balaban J connectivity index is 2.09. The van der Waals surface area contributed by atoms with Crippen LogP contribution in [0.15, 0.2) is 18.2 Å². The van der Waals surface area contributed by atoms with E-state index < -0.39 is 0 Å². The van der Waals surface area contributed by atoms with Crippen LogP contribution in [0.2, 0.25) is 10.0 Å². The molecule has 0 unspecified atom stereocenters. The van der Waals surface area contributed by atoms with E-state index in [9.17, 15) is 0 Å². The minimum absolute atomic E-state index is 0.548. The van der Waals surface area contributed by atoms with Crippen LogP contribution >= 0.6 is 35.4 Å². The molecule has 1 fully saturated rings. The maximum Gasteiger partial charge on any atom is 0.0870 e. The van der Waals surface area contributed by atoms with Gasteiger partial charge in [0.1, 0.15) is 0 Å². The SMILES string of the molecule is NC(=S)CN(Cc1ccc(Cl)c(Cl)c1)C1CCCC1. The highest BCUT2D eigenvalue weighted by Gasteiger charge is 2.23. The Morgan fingerprint density at radius 1 is 1.26 bits per heavy atom. The minimum atomic E-state index is 0.548. The molecule has 2 rings (SSSR count). The van der Waals surface area contributed by atoms with Gasteiger partial charge in [0.05, 0.1) is 15.0 Å². The largest absolute Gasteiger partial charge is 0.392 e. The molecular formula is C14H18Cl2N2S. The molecule has 2 N–H and O–H groups in total. The number of thiocarbonyl (C=S) groups is 1. The Morgan fingerprint density at radius 3 is 2.53 bits per heavy atom. The highest BCUT2D eigenvalue weighted by molar-refractivity contribution is 7.80. The summed E-state index contributed by atoms with van der Waals surface area (Å²) in [5, 5.41) is 1.19. The van der Waals surface area contributed by atoms with Gasteiger partial charge < -0.3 is 5.73 Å². The van der Waals surface area contributed by atoms with E-state index in [1.807, 2.05) is 18.2 Å². The Morgan fingerprint density at radius 2 is 1.95 bits per heavy atom. The van der Waals surface area contributed by atoms with Gasteiger partial charge in [-0.3, -0.25) is 4.90 Å². The highest BCUT2D eigenvalue weighted by atomic mass is 35.5. The van der Waals surface area contributed by atoms with Crippen molar-refractivity contribution in [2.45, 2.75) is 38.3 Å². The molecule has 0 radical (unpaired) electrons. The Labute approximate surface area is 129 Å². The van der Waals surface area contributed by atoms with Crippen molar-refractivity contribution in [3.8, 4) is 0 Å². The van der Waals surface area contributed by atoms with E-state index >= 15 is 0 Å². The van der Waals surface area contributed by atoms with Crippen molar-refractivity contribution in [3.63, 3.8) is 0 Å². The number of rotatable bonds is 5. The zero-order valence-electron chi connectivity index (χ0n) is 10.7. The Kier molecular flexibility index (Phi) is 5.46. The fraction of sp³-hybridized carbons (Fsp3) is 0.500. The maximum atomic E-state index is 6.06. The smallest absolute Gasteiger partial charge is 0.0870 e. The third kappa shape index (κ3) is 4.32. The average Bonchev–Trinajstić information content (AvgIpc) is 2.86. The van der Waals surface area contributed by atoms with Gasteiger partial charge in [0.25, 0.3) is 0 Å². The molecule has 1 aliphatic carbocycles. The predicted molar refractivity (Wildman–Crippen MR) is 85.9 cm³/mol. The summed E-state index contributed by atoms with van der Waals surface area (Å²) in [5.74, 6) is 0. The fourth-order valence-electron chi connectivity index (χ4n) is 2.66. The van der Waals surface area contributed by atoms with E-state index in [0.29, 0.717) is 27.6 Å². The lowest BCUT2D eigenvalue weighted by atomic mass is 10.1. The van der Waals surface area contributed by atoms with E-state index in [1.165, 1.54) is 25.7 Å². The van der Waals surface area contributed by atoms with E-state index in [4.69, 9.17) is 41.2 Å². The van der Waals surface area contributed by atoms with Gasteiger partial charge in [0.2, 0.25) is 0 Å². The predicted octanol–water partition coefficient (Wildman–Crippen LogP) is 4.02. The van der Waals surface area contributed by atoms with Crippen LogP contribution in [0.5, 0.6) is 0 Å². The summed E-state index contributed by atoms with van der Waals surface area (Å²) in [4.78, 5) is 2.90. The summed E-state index contributed by atoms with van der Waals surface area (Å²) in [5.41, 5.74) is 6.86. The normalized spacial score (nSPS) is 16.2. The molecular weight excluding hydrogens is 299 g/mol. The minimum Gasteiger partial charge on any atom is -0.392 e. The van der Waals surface area contributed by atoms with Gasteiger partial charge >= 0.3 is 0 Å². The summed E-state index contributed by atoms with van der Waals surface area (Å²) in [7, 11) is 0. The van der Waals surface area contributed by atoms with Gasteiger partial charge in [0, 0.05) is 19.1 Å². The van der Waals surface area contributed by atoms with E-state index in [-0.39, 0.29) is 0 Å². The first-order valence-electron chi connectivity index (χ1n) is 6.52. The van der Waals surface area contributed by atoms with Crippen LogP contribution in [0.4, 0.5) is 0 Å². The van der Waals surface area contributed by atoms with Crippen molar-refractivity contribution < 1.29 is 0 Å². The molecule has 1 saturated carbocycles. The summed E-state index contributed by atoms with van der Waals surface area (Å²) in [6, 6.07) is 6.35. The average molecular weight is 317 g/mol. The molecule has 0 aliphatic heterocycles. The van der Waals surface area contributed by atoms with Gasteiger partial charge in [0.15, 0.2) is 0 Å². The zero-order valence-corrected chi connectivity index (χ0v) is 13.1. The van der Waals surface area contributed by atoms with Crippen molar-refractivity contribution in [2.75, 3.05) is 6.54 Å². The van der Waals surface area contributed by atoms with Crippen molar-refractivity contribution >= 4 is 40.4 Å². The molecule has 0 amide bonds. The lowest BCUT2D eigenvalue weighted by Crippen LogP contribution is -2.38. The summed E-state index contributed by atoms with van der Waals surface area (Å²) in [6.45, 7) is 1.49. The fourth-order valence-corrected chi connectivity index (χ4v) is 3.14. The van der Waals surface area contributed by atoms with Gasteiger partial charge in [-0.2, -0.15) is 0 Å². The molecule has 0 bridgehead atoms. The van der Waals surface area contributed by atoms with Crippen LogP contribution in [0, 0.1) is 0 Å². The monoisotopic (exact) mass is 316 g/mol. The number of benzene rings is 1. The second kappa shape index (κ2) is 6.89. The van der Waals surface area contributed by atoms with Crippen molar-refractivity contribution in [1.82, 2.24) is 4.90 Å². The van der Waals surface area contributed by atoms with Gasteiger partial charge in [-0.25, -0.2) is 0 Å². The molecule has 19 heavy (non-hydrogen) atoms. The zero-order chi connectivity index (χ0) is 13.8. The van der Waals surface area contributed by atoms with Crippen LogP contribution in [-0.2, 0) is 6.54 Å². The first kappa shape index (κ1) is 15.0. The van der Waals surface area contributed by atoms with Crippen molar-refractivity contribution in [3.05, 3.63) is 33.8 Å². The van der Waals surface area contributed by atoms with Crippen LogP contribution in [-0.4, -0.2) is 22.5 Å². The third-order valence-corrected chi connectivity index (χ3v) is 4.44. The van der Waals surface area contributed by atoms with Crippen LogP contribution in [0.25, 0.3) is 0 Å². The second-order valence-electron chi connectivity index (χ2n) is 5.06. The van der Waals surface area contributed by atoms with Gasteiger partial charge in [-0.1, -0.05) is 54.3 Å². The van der Waals surface area contributed by atoms with E-state index in [1.54, 1.807) is 0 Å². The van der Waals surface area contributed by atoms with E-state index in [0.717, 1.165) is 12.1 Å². The van der Waals surface area contributed by atoms with Crippen molar-refractivity contribution in [2.24, 2.45) is 5.73 Å². The lowest BCUT2D eigenvalue weighted by Gasteiger charge is -2.28. The first-order chi connectivity index (χ1) is 9.06. The van der Waals surface area contributed by atoms with Crippen LogP contribution in [0.3, 0.4) is 0 Å². The topological polar surface area (TPSA) is 29.3 Å². The third-order valence-electron chi connectivity index (χ3n) is 3.57. The molecule has 0 atom stereocenters. The molecule has 0 saturated heterocycles. The molecule has 1 aromatic carbocycles. The van der Waals surface area contributed by atoms with Crippen LogP contribution in [0.1, 0.15) is 31.2 Å². The quantitative estimate of drug-likeness (QED) is 0.832. The number of hydrogen-bond acceptors (Lipinski definition) is 2. The number of hydrogen-bond donors (Lipinski definition) is 1. The highest BCUT2D eigenvalue weighted by Crippen LogP contribution is 2.27. The standard InChI is InChI=1S/C14H18Cl2N2S/c15-12-6-5-10(7-13(12)16)8-18(9-14(17)19)11-3-1-2-4-11/h5-7,11H,1-4,8-9H2,(H2,17,19). The molecule has 0 heterocycles. The molecule has 104 valence electrons. The number of nitrogens with zero attached hydrogens (tertiary/aromatic N) is 1. The molecule has 2 nitrogen and oxygen atoms in total. The van der Waals surface area contributed by atoms with Crippen molar-refractivity contribution in [1.29, 1.82) is 0 Å². The number of nitrogens with two attached hydrogens (primary N) is 1. The first-order valence-corrected chi connectivity index (χ1v) is 7.69. The molecule has 1 aliphatic rings. The molecule has 5 heteroatoms. The molecule has 0 spiro atoms. The lowest BCUT2D eigenvalue weighted by molar-refractivity contribution is 0.219. The van der Waals surface area contributed by atoms with Gasteiger partial charge in [-0.15, -0.1) is 0 Å². The van der Waals surface area contributed by atoms with Crippen LogP contribution < -0.4 is 5.73 Å². The van der Waals surface area contributed by atoms with Gasteiger partial charge in [-0.05, 0) is 30.5 Å². The Hall–Kier alpha value is -0.350. The summed E-state index contributed by atoms with van der Waals surface area (Å²) >= 11 is 17.1. The number of halogens is 2. The second-order valence-corrected chi connectivity index (χ2v) is 6.40. The van der Waals surface area contributed by atoms with E-state index in [2.05, 4.69) is 4.90 Å². The maximum absolute atomic E-state index is 6.06. The summed E-state index contributed by atoms with van der Waals surface area (Å²) < 4.78 is 0. The summed E-state index contributed by atoms with van der Waals surface area (Å²) in [6.07, 6.45) is 5.04. The molecule has 1 aromatic rings.